The minimum absolute atomic E-state index is 0.0600. The highest BCUT2D eigenvalue weighted by Gasteiger charge is 2.28. The van der Waals surface area contributed by atoms with Gasteiger partial charge in [-0.3, -0.25) is 10.1 Å². The van der Waals surface area contributed by atoms with Gasteiger partial charge in [0, 0.05) is 5.02 Å². The smallest absolute Gasteiger partial charge is 0.260 e. The number of anilines is 1. The van der Waals surface area contributed by atoms with Gasteiger partial charge in [-0.15, -0.1) is 0 Å². The Balaban J connectivity index is 2.28. The van der Waals surface area contributed by atoms with Gasteiger partial charge in [-0.2, -0.15) is 4.74 Å². The molecule has 0 saturated carbocycles. The van der Waals surface area contributed by atoms with Crippen LogP contribution in [0.1, 0.15) is 11.1 Å². The summed E-state index contributed by atoms with van der Waals surface area (Å²) in [5, 5.41) is 26.5. The quantitative estimate of drug-likeness (QED) is 0.391. The van der Waals surface area contributed by atoms with Gasteiger partial charge in [-0.25, -0.2) is 4.39 Å². The number of rotatable bonds is 2. The predicted octanol–water partition coefficient (Wildman–Crippen LogP) is 3.37. The van der Waals surface area contributed by atoms with Gasteiger partial charge in [-0.05, 0) is 30.3 Å². The van der Waals surface area contributed by atoms with Gasteiger partial charge >= 0.3 is 0 Å². The van der Waals surface area contributed by atoms with Crippen molar-refractivity contribution in [2.75, 3.05) is 11.9 Å². The van der Waals surface area contributed by atoms with E-state index in [9.17, 15) is 19.7 Å². The number of hydrogen-bond acceptors (Lipinski definition) is 4. The van der Waals surface area contributed by atoms with Crippen LogP contribution in [0.2, 0.25) is 5.02 Å². The zero-order valence-corrected chi connectivity index (χ0v) is 13.0. The van der Waals surface area contributed by atoms with Crippen LogP contribution in [-0.2, 0) is 0 Å². The summed E-state index contributed by atoms with van der Waals surface area (Å²) in [5.74, 6) is -0.569. The molecule has 1 aliphatic rings. The van der Waals surface area contributed by atoms with Crippen molar-refractivity contribution in [2.45, 2.75) is 0 Å². The number of halogens is 2. The second kappa shape index (κ2) is 6.29. The lowest BCUT2D eigenvalue weighted by atomic mass is 10.00. The van der Waals surface area contributed by atoms with Crippen molar-refractivity contribution in [1.82, 2.24) is 0 Å². The minimum atomic E-state index is -0.653. The number of benzodiazepines with no additional fused rings is 1. The molecule has 1 aliphatic heterocycles. The largest absolute Gasteiger partial charge is 0.623 e. The Morgan fingerprint density at radius 3 is 2.71 bits per heavy atom. The molecule has 3 rings (SSSR count). The summed E-state index contributed by atoms with van der Waals surface area (Å²) in [6.07, 6.45) is 0.716. The van der Waals surface area contributed by atoms with Crippen LogP contribution >= 0.6 is 11.6 Å². The van der Waals surface area contributed by atoms with Crippen LogP contribution in [0.5, 0.6) is 0 Å². The molecular formula is C16H11ClFN3O3. The topological polar surface area (TPSA) is 81.2 Å². The number of benzene rings is 2. The van der Waals surface area contributed by atoms with Crippen LogP contribution in [0, 0.1) is 21.1 Å². The normalized spacial score (nSPS) is 15.7. The number of hydrogen-bond donors (Lipinski definition) is 1. The zero-order valence-electron chi connectivity index (χ0n) is 12.2. The molecule has 2 aromatic carbocycles. The fraction of sp³-hybridized carbons (Fsp3) is 0.0625. The van der Waals surface area contributed by atoms with Gasteiger partial charge in [0.2, 0.25) is 5.71 Å². The van der Waals surface area contributed by atoms with Crippen LogP contribution in [-0.4, -0.2) is 21.9 Å². The van der Waals surface area contributed by atoms with E-state index in [4.69, 9.17) is 11.6 Å². The zero-order chi connectivity index (χ0) is 17.3. The Morgan fingerprint density at radius 1 is 1.25 bits per heavy atom. The minimum Gasteiger partial charge on any atom is -0.623 e. The van der Waals surface area contributed by atoms with Crippen LogP contribution < -0.4 is 5.32 Å². The summed E-state index contributed by atoms with van der Waals surface area (Å²) in [4.78, 5) is 10.1. The Labute approximate surface area is 141 Å². The molecule has 0 saturated heterocycles. The molecule has 8 heteroatoms. The first-order valence-electron chi connectivity index (χ1n) is 6.93. The molecule has 1 N–H and O–H groups in total. The fourth-order valence-corrected chi connectivity index (χ4v) is 2.71. The highest BCUT2D eigenvalue weighted by atomic mass is 35.5. The van der Waals surface area contributed by atoms with Crippen molar-refractivity contribution >= 4 is 23.0 Å². The van der Waals surface area contributed by atoms with E-state index in [-0.39, 0.29) is 23.5 Å². The number of nitro groups is 1. The van der Waals surface area contributed by atoms with Crippen molar-refractivity contribution in [3.8, 4) is 0 Å². The summed E-state index contributed by atoms with van der Waals surface area (Å²) >= 11 is 6.01. The maximum atomic E-state index is 14.2. The molecule has 0 atom stereocenters. The van der Waals surface area contributed by atoms with Crippen molar-refractivity contribution in [3.05, 3.63) is 91.6 Å². The van der Waals surface area contributed by atoms with Crippen LogP contribution in [0.15, 0.2) is 54.4 Å². The van der Waals surface area contributed by atoms with E-state index in [0.717, 1.165) is 0 Å². The molecule has 0 radical (unpaired) electrons. The molecule has 1 heterocycles. The molecule has 122 valence electrons. The lowest BCUT2D eigenvalue weighted by molar-refractivity contribution is -0.450. The number of hydroxylamine groups is 1. The summed E-state index contributed by atoms with van der Waals surface area (Å²) in [6.45, 7) is -0.322. The highest BCUT2D eigenvalue weighted by Crippen LogP contribution is 2.28. The summed E-state index contributed by atoms with van der Waals surface area (Å²) < 4.78 is 14.7. The first kappa shape index (κ1) is 15.9. The molecule has 2 aromatic rings. The molecule has 0 bridgehead atoms. The molecule has 0 aromatic heterocycles. The van der Waals surface area contributed by atoms with Gasteiger partial charge < -0.3 is 10.5 Å². The molecule has 0 spiro atoms. The van der Waals surface area contributed by atoms with E-state index in [2.05, 4.69) is 5.32 Å². The first-order valence-corrected chi connectivity index (χ1v) is 7.31. The van der Waals surface area contributed by atoms with E-state index >= 15 is 0 Å². The second-order valence-corrected chi connectivity index (χ2v) is 5.56. The van der Waals surface area contributed by atoms with Crippen molar-refractivity contribution in [3.63, 3.8) is 0 Å². The average molecular weight is 348 g/mol. The first-order chi connectivity index (χ1) is 11.5. The maximum absolute atomic E-state index is 14.2. The Kier molecular flexibility index (Phi) is 4.18. The number of fused-ring (bicyclic) bond motifs is 1. The summed E-state index contributed by atoms with van der Waals surface area (Å²) in [6, 6.07) is 10.5. The van der Waals surface area contributed by atoms with Gasteiger partial charge in [-0.1, -0.05) is 23.7 Å². The van der Waals surface area contributed by atoms with E-state index in [1.54, 1.807) is 18.2 Å². The van der Waals surface area contributed by atoms with Crippen molar-refractivity contribution in [1.29, 1.82) is 0 Å². The molecule has 0 fully saturated rings. The Bertz CT molecular complexity index is 896. The lowest BCUT2D eigenvalue weighted by Crippen LogP contribution is -2.20. The standard InChI is InChI=1S/C16H11ClFN3O3/c17-10-5-6-15-13(7-10)16(12-3-1-2-4-14(12)18)20(22)8-11(19-15)9-21(23)24/h1-7,9,19H,8H2/b11-9-. The maximum Gasteiger partial charge on any atom is 0.260 e. The number of nitrogens with zero attached hydrogens (tertiary/aromatic N) is 2. The average Bonchev–Trinajstić information content (AvgIpc) is 2.63. The van der Waals surface area contributed by atoms with Gasteiger partial charge in [0.05, 0.1) is 21.7 Å². The summed E-state index contributed by atoms with van der Waals surface area (Å²) in [7, 11) is 0. The Morgan fingerprint density at radius 2 is 2.00 bits per heavy atom. The second-order valence-electron chi connectivity index (χ2n) is 5.12. The lowest BCUT2D eigenvalue weighted by Gasteiger charge is -2.10. The van der Waals surface area contributed by atoms with E-state index in [1.165, 1.54) is 24.3 Å². The monoisotopic (exact) mass is 347 g/mol. The molecule has 6 nitrogen and oxygen atoms in total. The van der Waals surface area contributed by atoms with E-state index in [0.29, 0.717) is 27.2 Å². The van der Waals surface area contributed by atoms with Gasteiger partial charge in [0.1, 0.15) is 5.82 Å². The SMILES string of the molecule is O=[N+]([O-])/C=C1/C[N+]([O-])=C(c2ccccc2F)c2cc(Cl)ccc2N1. The third-order valence-corrected chi connectivity index (χ3v) is 3.72. The van der Waals surface area contributed by atoms with E-state index in [1.807, 2.05) is 0 Å². The molecule has 0 aliphatic carbocycles. The van der Waals surface area contributed by atoms with E-state index < -0.39 is 10.7 Å². The Hall–Kier alpha value is -2.93. The predicted molar refractivity (Wildman–Crippen MR) is 88.3 cm³/mol. The number of nitrogens with one attached hydrogen (secondary N) is 1. The van der Waals surface area contributed by atoms with Crippen LogP contribution in [0.3, 0.4) is 0 Å². The third kappa shape index (κ3) is 3.07. The molecule has 0 amide bonds. The molecule has 0 unspecified atom stereocenters. The van der Waals surface area contributed by atoms with Crippen molar-refractivity contribution in [2.24, 2.45) is 0 Å². The molecule has 24 heavy (non-hydrogen) atoms. The fourth-order valence-electron chi connectivity index (χ4n) is 2.54. The van der Waals surface area contributed by atoms with Gasteiger partial charge in [0.25, 0.3) is 6.20 Å². The van der Waals surface area contributed by atoms with Crippen LogP contribution in [0.4, 0.5) is 10.1 Å². The van der Waals surface area contributed by atoms with Crippen molar-refractivity contribution < 1.29 is 14.1 Å². The van der Waals surface area contributed by atoms with Crippen LogP contribution in [0.25, 0.3) is 0 Å². The van der Waals surface area contributed by atoms with Gasteiger partial charge in [0.15, 0.2) is 12.2 Å². The molecular weight excluding hydrogens is 337 g/mol. The third-order valence-electron chi connectivity index (χ3n) is 3.49. The highest BCUT2D eigenvalue weighted by molar-refractivity contribution is 6.31. The summed E-state index contributed by atoms with van der Waals surface area (Å²) in [5.41, 5.74) is 1.05.